The fraction of sp³-hybridized carbons (Fsp3) is 0.172. The molecule has 1 amide bonds. The number of carbonyl (C=O) groups excluding carboxylic acids is 1. The van der Waals surface area contributed by atoms with Crippen molar-refractivity contribution in [1.82, 2.24) is 9.99 Å². The molecular formula is C29H23Cl2N3O4. The topological polar surface area (TPSA) is 103 Å². The molecular weight excluding hydrogens is 525 g/mol. The Balaban J connectivity index is 1.68. The van der Waals surface area contributed by atoms with Crippen molar-refractivity contribution in [3.05, 3.63) is 104 Å². The van der Waals surface area contributed by atoms with Crippen LogP contribution in [0.15, 0.2) is 82.7 Å². The average Bonchev–Trinajstić information content (AvgIpc) is 3.33. The number of fused-ring (bicyclic) bond motifs is 1. The molecule has 0 radical (unpaired) electrons. The highest BCUT2D eigenvalue weighted by molar-refractivity contribution is 6.32. The van der Waals surface area contributed by atoms with Gasteiger partial charge in [0.25, 0.3) is 5.56 Å². The number of hydrazone groups is 1. The third-order valence-electron chi connectivity index (χ3n) is 6.54. The van der Waals surface area contributed by atoms with Crippen LogP contribution in [0.25, 0.3) is 22.0 Å². The third kappa shape index (κ3) is 5.08. The molecule has 7 nitrogen and oxygen atoms in total. The van der Waals surface area contributed by atoms with Crippen LogP contribution in [0.5, 0.6) is 0 Å². The summed E-state index contributed by atoms with van der Waals surface area (Å²) < 4.78 is 0. The van der Waals surface area contributed by atoms with Crippen LogP contribution in [0.4, 0.5) is 0 Å². The molecule has 1 atom stereocenters. The molecule has 0 spiro atoms. The molecule has 1 aliphatic rings. The smallest absolute Gasteiger partial charge is 0.303 e. The summed E-state index contributed by atoms with van der Waals surface area (Å²) >= 11 is 12.9. The Bertz CT molecular complexity index is 1630. The van der Waals surface area contributed by atoms with Gasteiger partial charge in [-0.25, -0.2) is 5.01 Å². The van der Waals surface area contributed by atoms with Crippen LogP contribution < -0.4 is 5.56 Å². The maximum Gasteiger partial charge on any atom is 0.303 e. The summed E-state index contributed by atoms with van der Waals surface area (Å²) in [6, 6.07) is 21.4. The normalized spacial score (nSPS) is 15.1. The number of halogens is 2. The van der Waals surface area contributed by atoms with E-state index in [4.69, 9.17) is 28.3 Å². The lowest BCUT2D eigenvalue weighted by Crippen LogP contribution is -2.27. The van der Waals surface area contributed by atoms with E-state index in [9.17, 15) is 14.4 Å². The SMILES string of the molecule is O=C(O)CCCC(=O)N1N=C(c2c(-c3ccccc3)c3cc(Cl)ccc3[nH]c2=O)C[C@H]1c1ccccc1Cl. The molecule has 1 aromatic heterocycles. The molecule has 38 heavy (non-hydrogen) atoms. The van der Waals surface area contributed by atoms with E-state index >= 15 is 0 Å². The molecule has 0 saturated heterocycles. The number of benzene rings is 3. The number of hydrogen-bond acceptors (Lipinski definition) is 4. The number of aromatic nitrogens is 1. The fourth-order valence-electron chi connectivity index (χ4n) is 4.83. The van der Waals surface area contributed by atoms with Gasteiger partial charge in [0.05, 0.1) is 17.3 Å². The molecule has 0 fully saturated rings. The second-order valence-corrected chi connectivity index (χ2v) is 9.88. The van der Waals surface area contributed by atoms with Gasteiger partial charge in [0.2, 0.25) is 5.91 Å². The minimum absolute atomic E-state index is 0.000734. The van der Waals surface area contributed by atoms with Gasteiger partial charge in [-0.15, -0.1) is 0 Å². The molecule has 2 heterocycles. The van der Waals surface area contributed by atoms with Gasteiger partial charge in [0.1, 0.15) is 0 Å². The van der Waals surface area contributed by atoms with Crippen LogP contribution in [0, 0.1) is 0 Å². The summed E-state index contributed by atoms with van der Waals surface area (Å²) in [6.07, 6.45) is 0.300. The van der Waals surface area contributed by atoms with Crippen LogP contribution in [0.2, 0.25) is 10.0 Å². The zero-order valence-electron chi connectivity index (χ0n) is 20.2. The number of hydrogen-bond donors (Lipinski definition) is 2. The van der Waals surface area contributed by atoms with Crippen LogP contribution >= 0.6 is 23.2 Å². The van der Waals surface area contributed by atoms with E-state index in [1.165, 1.54) is 5.01 Å². The number of pyridine rings is 1. The quantitative estimate of drug-likeness (QED) is 0.278. The fourth-order valence-corrected chi connectivity index (χ4v) is 5.26. The van der Waals surface area contributed by atoms with Gasteiger partial charge < -0.3 is 10.1 Å². The van der Waals surface area contributed by atoms with E-state index in [0.29, 0.717) is 38.0 Å². The summed E-state index contributed by atoms with van der Waals surface area (Å²) in [5.74, 6) is -1.31. The molecule has 0 unspecified atom stereocenters. The van der Waals surface area contributed by atoms with Crippen molar-refractivity contribution >= 4 is 51.7 Å². The average molecular weight is 548 g/mol. The lowest BCUT2D eigenvalue weighted by molar-refractivity contribution is -0.137. The number of carbonyl (C=O) groups is 2. The van der Waals surface area contributed by atoms with Gasteiger partial charge in [-0.2, -0.15) is 5.10 Å². The van der Waals surface area contributed by atoms with Gasteiger partial charge >= 0.3 is 5.97 Å². The first-order valence-electron chi connectivity index (χ1n) is 12.1. The van der Waals surface area contributed by atoms with Crippen LogP contribution in [0.1, 0.15) is 42.9 Å². The highest BCUT2D eigenvalue weighted by atomic mass is 35.5. The first-order valence-corrected chi connectivity index (χ1v) is 12.9. The monoisotopic (exact) mass is 547 g/mol. The maximum absolute atomic E-state index is 13.6. The molecule has 5 rings (SSSR count). The van der Waals surface area contributed by atoms with Crippen molar-refractivity contribution < 1.29 is 14.7 Å². The van der Waals surface area contributed by atoms with E-state index in [-0.39, 0.29) is 37.1 Å². The molecule has 0 saturated carbocycles. The van der Waals surface area contributed by atoms with Gasteiger partial charge in [-0.1, -0.05) is 71.7 Å². The second kappa shape index (κ2) is 10.8. The molecule has 9 heteroatoms. The Morgan fingerprint density at radius 2 is 1.71 bits per heavy atom. The first kappa shape index (κ1) is 25.7. The van der Waals surface area contributed by atoms with E-state index in [1.54, 1.807) is 30.3 Å². The van der Waals surface area contributed by atoms with Crippen molar-refractivity contribution in [3.8, 4) is 11.1 Å². The van der Waals surface area contributed by atoms with Gasteiger partial charge in [0.15, 0.2) is 0 Å². The Kier molecular flexibility index (Phi) is 7.31. The van der Waals surface area contributed by atoms with Crippen LogP contribution in [-0.2, 0) is 9.59 Å². The molecule has 192 valence electrons. The Morgan fingerprint density at radius 3 is 2.45 bits per heavy atom. The number of nitrogens with one attached hydrogen (secondary N) is 1. The molecule has 0 aliphatic carbocycles. The van der Waals surface area contributed by atoms with Crippen molar-refractivity contribution in [2.75, 3.05) is 0 Å². The first-order chi connectivity index (χ1) is 18.3. The number of aliphatic carboxylic acids is 1. The minimum atomic E-state index is -0.972. The molecule has 4 aromatic rings. The summed E-state index contributed by atoms with van der Waals surface area (Å²) in [5, 5.41) is 16.8. The standard InChI is InChI=1S/C29H23Cl2N3O4/c30-18-13-14-22-20(15-18)27(17-7-2-1-3-8-17)28(29(38)32-22)23-16-24(19-9-4-5-10-21(19)31)34(33-23)25(35)11-6-12-26(36)37/h1-5,7-10,13-15,24H,6,11-12,16H2,(H,32,38)(H,36,37)/t24-/m0/s1. The third-order valence-corrected chi connectivity index (χ3v) is 7.12. The Hall–Kier alpha value is -3.94. The molecule has 0 bridgehead atoms. The number of rotatable bonds is 7. The Morgan fingerprint density at radius 1 is 0.974 bits per heavy atom. The van der Waals surface area contributed by atoms with Gasteiger partial charge in [0, 0.05) is 45.8 Å². The highest BCUT2D eigenvalue weighted by Crippen LogP contribution is 2.39. The van der Waals surface area contributed by atoms with Gasteiger partial charge in [-0.3, -0.25) is 14.4 Å². The van der Waals surface area contributed by atoms with Crippen molar-refractivity contribution in [1.29, 1.82) is 0 Å². The number of nitrogens with zero attached hydrogens (tertiary/aromatic N) is 2. The molecule has 1 aliphatic heterocycles. The summed E-state index contributed by atoms with van der Waals surface area (Å²) in [6.45, 7) is 0. The maximum atomic E-state index is 13.6. The summed E-state index contributed by atoms with van der Waals surface area (Å²) in [5.41, 5.74) is 3.25. The number of carboxylic acids is 1. The molecule has 2 N–H and O–H groups in total. The summed E-state index contributed by atoms with van der Waals surface area (Å²) in [7, 11) is 0. The Labute approximate surface area is 228 Å². The largest absolute Gasteiger partial charge is 0.481 e. The van der Waals surface area contributed by atoms with Crippen LogP contribution in [-0.4, -0.2) is 32.7 Å². The van der Waals surface area contributed by atoms with Crippen molar-refractivity contribution in [3.63, 3.8) is 0 Å². The zero-order valence-corrected chi connectivity index (χ0v) is 21.7. The number of H-pyrrole nitrogens is 1. The minimum Gasteiger partial charge on any atom is -0.481 e. The van der Waals surface area contributed by atoms with Crippen molar-refractivity contribution in [2.45, 2.75) is 31.7 Å². The number of aromatic amines is 1. The molecule has 3 aromatic carbocycles. The highest BCUT2D eigenvalue weighted by Gasteiger charge is 2.36. The van der Waals surface area contributed by atoms with Crippen LogP contribution in [0.3, 0.4) is 0 Å². The lowest BCUT2D eigenvalue weighted by Gasteiger charge is -2.22. The van der Waals surface area contributed by atoms with E-state index in [2.05, 4.69) is 10.1 Å². The second-order valence-electron chi connectivity index (χ2n) is 9.03. The van der Waals surface area contributed by atoms with Crippen molar-refractivity contribution in [2.24, 2.45) is 5.10 Å². The number of amides is 1. The summed E-state index contributed by atoms with van der Waals surface area (Å²) in [4.78, 5) is 40.8. The predicted molar refractivity (Wildman–Crippen MR) is 149 cm³/mol. The lowest BCUT2D eigenvalue weighted by atomic mass is 9.91. The zero-order chi connectivity index (χ0) is 26.8. The van der Waals surface area contributed by atoms with E-state index in [0.717, 1.165) is 10.9 Å². The van der Waals surface area contributed by atoms with E-state index < -0.39 is 12.0 Å². The van der Waals surface area contributed by atoms with Gasteiger partial charge in [-0.05, 0) is 41.8 Å². The predicted octanol–water partition coefficient (Wildman–Crippen LogP) is 6.43. The number of carboxylic acid groups (broad SMARTS) is 1. The van der Waals surface area contributed by atoms with E-state index in [1.807, 2.05) is 42.5 Å².